The average Bonchev–Trinajstić information content (AvgIpc) is 2.55. The number of carbonyl (C=O) groups excluding carboxylic acids is 1. The number of hydrogen-bond acceptors (Lipinski definition) is 3. The van der Waals surface area contributed by atoms with E-state index >= 15 is 0 Å². The van der Waals surface area contributed by atoms with E-state index in [9.17, 15) is 13.2 Å². The number of rotatable bonds is 2. The highest BCUT2D eigenvalue weighted by Crippen LogP contribution is 2.18. The number of benzene rings is 1. The SMILES string of the molecule is Cc1ccccc1NC(=O)N[C@H]1CS(=O)(=O)C[C@@H]1Cl. The van der Waals surface area contributed by atoms with Crippen LogP contribution in [0.3, 0.4) is 0 Å². The minimum atomic E-state index is -3.15. The van der Waals surface area contributed by atoms with Crippen LogP contribution >= 0.6 is 11.6 Å². The molecule has 0 unspecified atom stereocenters. The summed E-state index contributed by atoms with van der Waals surface area (Å²) in [5.74, 6) is -0.202. The lowest BCUT2D eigenvalue weighted by atomic mass is 10.2. The lowest BCUT2D eigenvalue weighted by Gasteiger charge is -2.15. The zero-order chi connectivity index (χ0) is 14.0. The Hall–Kier alpha value is -1.27. The van der Waals surface area contributed by atoms with E-state index in [1.807, 2.05) is 25.1 Å². The Balaban J connectivity index is 1.98. The van der Waals surface area contributed by atoms with Gasteiger partial charge in [-0.3, -0.25) is 0 Å². The lowest BCUT2D eigenvalue weighted by Crippen LogP contribution is -2.43. The summed E-state index contributed by atoms with van der Waals surface area (Å²) in [5.41, 5.74) is 1.62. The average molecular weight is 303 g/mol. The molecule has 1 aliphatic rings. The smallest absolute Gasteiger partial charge is 0.319 e. The molecule has 0 saturated carbocycles. The van der Waals surface area contributed by atoms with E-state index in [0.717, 1.165) is 5.56 Å². The maximum absolute atomic E-state index is 11.8. The van der Waals surface area contributed by atoms with Crippen LogP contribution < -0.4 is 10.6 Å². The zero-order valence-electron chi connectivity index (χ0n) is 10.4. The van der Waals surface area contributed by atoms with Crippen molar-refractivity contribution in [3.05, 3.63) is 29.8 Å². The van der Waals surface area contributed by atoms with Crippen LogP contribution in [0.25, 0.3) is 0 Å². The third kappa shape index (κ3) is 3.61. The fourth-order valence-electron chi connectivity index (χ4n) is 1.98. The molecule has 2 N–H and O–H groups in total. The van der Waals surface area contributed by atoms with Crippen LogP contribution in [0.5, 0.6) is 0 Å². The molecule has 1 aromatic carbocycles. The monoisotopic (exact) mass is 302 g/mol. The van der Waals surface area contributed by atoms with Crippen molar-refractivity contribution >= 4 is 33.2 Å². The molecule has 0 aliphatic carbocycles. The fraction of sp³-hybridized carbons (Fsp3) is 0.417. The molecule has 2 amide bonds. The Labute approximate surface area is 117 Å². The van der Waals surface area contributed by atoms with Gasteiger partial charge in [-0.05, 0) is 18.6 Å². The van der Waals surface area contributed by atoms with Crippen LogP contribution in [-0.4, -0.2) is 37.4 Å². The summed E-state index contributed by atoms with van der Waals surface area (Å²) < 4.78 is 22.8. The molecule has 1 aromatic rings. The molecule has 1 aliphatic heterocycles. The van der Waals surface area contributed by atoms with E-state index in [4.69, 9.17) is 11.6 Å². The first-order chi connectivity index (χ1) is 8.87. The number of urea groups is 1. The van der Waals surface area contributed by atoms with Crippen molar-refractivity contribution in [2.24, 2.45) is 0 Å². The van der Waals surface area contributed by atoms with Crippen LogP contribution in [0.15, 0.2) is 24.3 Å². The van der Waals surface area contributed by atoms with Gasteiger partial charge in [0.2, 0.25) is 0 Å². The Morgan fingerprint density at radius 1 is 1.32 bits per heavy atom. The number of anilines is 1. The maximum Gasteiger partial charge on any atom is 0.319 e. The minimum absolute atomic E-state index is 0.0934. The van der Waals surface area contributed by atoms with Crippen LogP contribution in [0, 0.1) is 6.92 Å². The third-order valence-corrected chi connectivity index (χ3v) is 5.37. The molecule has 1 fully saturated rings. The zero-order valence-corrected chi connectivity index (χ0v) is 12.0. The summed E-state index contributed by atoms with van der Waals surface area (Å²) in [6.45, 7) is 1.87. The van der Waals surface area contributed by atoms with E-state index in [-0.39, 0.29) is 11.5 Å². The van der Waals surface area contributed by atoms with Crippen molar-refractivity contribution < 1.29 is 13.2 Å². The first-order valence-electron chi connectivity index (χ1n) is 5.85. The fourth-order valence-corrected chi connectivity index (χ4v) is 4.53. The Kier molecular flexibility index (Phi) is 4.01. The highest BCUT2D eigenvalue weighted by atomic mass is 35.5. The van der Waals surface area contributed by atoms with Crippen molar-refractivity contribution in [3.8, 4) is 0 Å². The van der Waals surface area contributed by atoms with Gasteiger partial charge in [-0.15, -0.1) is 11.6 Å². The number of aryl methyl sites for hydroxylation is 1. The molecule has 0 radical (unpaired) electrons. The molecule has 104 valence electrons. The maximum atomic E-state index is 11.8. The number of hydrogen-bond donors (Lipinski definition) is 2. The summed E-state index contributed by atoms with van der Waals surface area (Å²) in [5, 5.41) is 4.70. The van der Waals surface area contributed by atoms with E-state index in [0.29, 0.717) is 5.69 Å². The van der Waals surface area contributed by atoms with Gasteiger partial charge in [-0.1, -0.05) is 18.2 Å². The molecule has 5 nitrogen and oxygen atoms in total. The molecule has 1 saturated heterocycles. The second-order valence-electron chi connectivity index (χ2n) is 4.61. The van der Waals surface area contributed by atoms with E-state index in [1.165, 1.54) is 0 Å². The van der Waals surface area contributed by atoms with E-state index < -0.39 is 27.3 Å². The van der Waals surface area contributed by atoms with Crippen molar-refractivity contribution in [2.45, 2.75) is 18.3 Å². The summed E-state index contributed by atoms with van der Waals surface area (Å²) in [6.07, 6.45) is 0. The predicted molar refractivity (Wildman–Crippen MR) is 75.4 cm³/mol. The second kappa shape index (κ2) is 5.38. The van der Waals surface area contributed by atoms with Gasteiger partial charge < -0.3 is 10.6 Å². The van der Waals surface area contributed by atoms with Crippen LogP contribution in [0.4, 0.5) is 10.5 Å². The molecule has 2 rings (SSSR count). The first kappa shape index (κ1) is 14.1. The van der Waals surface area contributed by atoms with Crippen molar-refractivity contribution in [1.29, 1.82) is 0 Å². The van der Waals surface area contributed by atoms with Crippen molar-refractivity contribution in [2.75, 3.05) is 16.8 Å². The number of alkyl halides is 1. The largest absolute Gasteiger partial charge is 0.333 e. The van der Waals surface area contributed by atoms with Crippen molar-refractivity contribution in [1.82, 2.24) is 5.32 Å². The van der Waals surface area contributed by atoms with Gasteiger partial charge in [0.05, 0.1) is 22.9 Å². The summed E-state index contributed by atoms with van der Waals surface area (Å²) in [7, 11) is -3.15. The first-order valence-corrected chi connectivity index (χ1v) is 8.11. The van der Waals surface area contributed by atoms with E-state index in [1.54, 1.807) is 6.07 Å². The third-order valence-electron chi connectivity index (χ3n) is 2.99. The highest BCUT2D eigenvalue weighted by molar-refractivity contribution is 7.91. The molecule has 0 bridgehead atoms. The predicted octanol–water partition coefficient (Wildman–Crippen LogP) is 1.52. The minimum Gasteiger partial charge on any atom is -0.333 e. The van der Waals surface area contributed by atoms with Gasteiger partial charge in [0.15, 0.2) is 9.84 Å². The Bertz CT molecular complexity index is 588. The van der Waals surface area contributed by atoms with Gasteiger partial charge in [-0.25, -0.2) is 13.2 Å². The normalized spacial score (nSPS) is 24.9. The number of sulfone groups is 1. The van der Waals surface area contributed by atoms with Crippen LogP contribution in [0.2, 0.25) is 0 Å². The molecule has 2 atom stereocenters. The number of amides is 2. The quantitative estimate of drug-likeness (QED) is 0.813. The molecule has 0 aromatic heterocycles. The molecular formula is C12H15ClN2O3S. The van der Waals surface area contributed by atoms with Gasteiger partial charge in [0.1, 0.15) is 0 Å². The molecule has 1 heterocycles. The van der Waals surface area contributed by atoms with Crippen LogP contribution in [-0.2, 0) is 9.84 Å². The van der Waals surface area contributed by atoms with Crippen LogP contribution in [0.1, 0.15) is 5.56 Å². The summed E-state index contributed by atoms with van der Waals surface area (Å²) in [6, 6.07) is 6.35. The van der Waals surface area contributed by atoms with Crippen molar-refractivity contribution in [3.63, 3.8) is 0 Å². The standard InChI is InChI=1S/C12H15ClN2O3S/c1-8-4-2-3-5-10(8)14-12(16)15-11-7-19(17,18)6-9(11)13/h2-5,9,11H,6-7H2,1H3,(H2,14,15,16)/t9-,11-/m0/s1. The van der Waals surface area contributed by atoms with Gasteiger partial charge in [0, 0.05) is 5.69 Å². The summed E-state index contributed by atoms with van der Waals surface area (Å²) in [4.78, 5) is 11.8. The number of carbonyl (C=O) groups is 1. The lowest BCUT2D eigenvalue weighted by molar-refractivity contribution is 0.249. The Morgan fingerprint density at radius 2 is 2.00 bits per heavy atom. The molecule has 19 heavy (non-hydrogen) atoms. The second-order valence-corrected chi connectivity index (χ2v) is 7.33. The Morgan fingerprint density at radius 3 is 2.58 bits per heavy atom. The molecular weight excluding hydrogens is 288 g/mol. The van der Waals surface area contributed by atoms with Gasteiger partial charge >= 0.3 is 6.03 Å². The number of nitrogens with one attached hydrogen (secondary N) is 2. The molecule has 0 spiro atoms. The number of halogens is 1. The topological polar surface area (TPSA) is 75.3 Å². The van der Waals surface area contributed by atoms with Gasteiger partial charge in [0.25, 0.3) is 0 Å². The van der Waals surface area contributed by atoms with Gasteiger partial charge in [-0.2, -0.15) is 0 Å². The van der Waals surface area contributed by atoms with E-state index in [2.05, 4.69) is 10.6 Å². The number of para-hydroxylation sites is 1. The highest BCUT2D eigenvalue weighted by Gasteiger charge is 2.37. The summed E-state index contributed by atoms with van der Waals surface area (Å²) >= 11 is 5.92. The molecule has 7 heteroatoms.